The fraction of sp³-hybridized carbons (Fsp3) is 0.333. The molecule has 0 bridgehead atoms. The van der Waals surface area contributed by atoms with Gasteiger partial charge in [0.2, 0.25) is 0 Å². The van der Waals surface area contributed by atoms with E-state index in [1.54, 1.807) is 7.11 Å². The molecule has 1 nitrogen and oxygen atoms in total. The number of rotatable bonds is 5. The lowest BCUT2D eigenvalue weighted by molar-refractivity contribution is 0.185. The molecule has 0 saturated carbocycles. The van der Waals surface area contributed by atoms with Crippen molar-refractivity contribution in [3.63, 3.8) is 0 Å². The number of allylic oxidation sites excluding steroid dienone is 1. The molecule has 0 unspecified atom stereocenters. The Kier molecular flexibility index (Phi) is 6.22. The van der Waals surface area contributed by atoms with Crippen molar-refractivity contribution in [1.82, 2.24) is 0 Å². The van der Waals surface area contributed by atoms with E-state index in [1.165, 1.54) is 11.1 Å². The zero-order valence-corrected chi connectivity index (χ0v) is 11.8. The predicted molar refractivity (Wildman–Crippen MR) is 71.4 cm³/mol. The Labute approximate surface area is 108 Å². The van der Waals surface area contributed by atoms with Crippen LogP contribution in [0.4, 0.5) is 0 Å². The van der Waals surface area contributed by atoms with Crippen LogP contribution in [0, 0.1) is 0 Å². The van der Waals surface area contributed by atoms with Gasteiger partial charge in [-0.3, -0.25) is 0 Å². The number of hydrogen-bond acceptors (Lipinski definition) is 1. The second kappa shape index (κ2) is 7.20. The molecule has 3 heteroatoms. The maximum absolute atomic E-state index is 5.10. The lowest BCUT2D eigenvalue weighted by atomic mass is 10.1. The van der Waals surface area contributed by atoms with Gasteiger partial charge in [0.15, 0.2) is 0 Å². The van der Waals surface area contributed by atoms with Crippen molar-refractivity contribution in [2.75, 3.05) is 7.11 Å². The van der Waals surface area contributed by atoms with Crippen molar-refractivity contribution >= 4 is 31.9 Å². The first kappa shape index (κ1) is 12.9. The topological polar surface area (TPSA) is 9.23 Å². The van der Waals surface area contributed by atoms with Crippen molar-refractivity contribution in [3.8, 4) is 0 Å². The Morgan fingerprint density at radius 1 is 1.33 bits per heavy atom. The largest absolute Gasteiger partial charge is 0.380 e. The summed E-state index contributed by atoms with van der Waals surface area (Å²) >= 11 is 6.69. The van der Waals surface area contributed by atoms with Crippen molar-refractivity contribution in [3.05, 3.63) is 44.9 Å². The van der Waals surface area contributed by atoms with Crippen LogP contribution in [0.2, 0.25) is 0 Å². The molecule has 0 heterocycles. The summed E-state index contributed by atoms with van der Waals surface area (Å²) in [7, 11) is 1.72. The van der Waals surface area contributed by atoms with Crippen LogP contribution in [0.15, 0.2) is 33.7 Å². The summed E-state index contributed by atoms with van der Waals surface area (Å²) in [5, 5.41) is 0. The second-order valence-electron chi connectivity index (χ2n) is 3.29. The third-order valence-electron chi connectivity index (χ3n) is 2.03. The number of ether oxygens (including phenoxy) is 1. The number of benzene rings is 1. The molecule has 1 aromatic rings. The maximum Gasteiger partial charge on any atom is 0.0713 e. The van der Waals surface area contributed by atoms with E-state index in [2.05, 4.69) is 62.2 Å². The van der Waals surface area contributed by atoms with Gasteiger partial charge in [0.05, 0.1) is 10.00 Å². The van der Waals surface area contributed by atoms with Crippen LogP contribution in [0.3, 0.4) is 0 Å². The van der Waals surface area contributed by atoms with Crippen molar-refractivity contribution in [1.29, 1.82) is 0 Å². The molecule has 1 rings (SSSR count). The lowest BCUT2D eigenvalue weighted by Crippen LogP contribution is -1.90. The first-order valence-electron chi connectivity index (χ1n) is 4.80. The number of hydrogen-bond donors (Lipinski definition) is 0. The van der Waals surface area contributed by atoms with Crippen LogP contribution in [0.25, 0.3) is 0 Å². The van der Waals surface area contributed by atoms with E-state index in [0.717, 1.165) is 16.2 Å². The van der Waals surface area contributed by atoms with Gasteiger partial charge in [-0.2, -0.15) is 0 Å². The Hall–Kier alpha value is -0.120. The molecule has 15 heavy (non-hydrogen) atoms. The molecule has 0 aliphatic rings. The SMILES string of the molecule is COCc1cccc(CCC=C(Br)Br)c1. The molecular weight excluding hydrogens is 320 g/mol. The van der Waals surface area contributed by atoms with Gasteiger partial charge in [-0.1, -0.05) is 30.3 Å². The molecule has 1 aromatic carbocycles. The molecule has 0 saturated heterocycles. The minimum atomic E-state index is 0.686. The highest BCUT2D eigenvalue weighted by molar-refractivity contribution is 9.28. The van der Waals surface area contributed by atoms with Gasteiger partial charge in [0, 0.05) is 7.11 Å². The van der Waals surface area contributed by atoms with Crippen LogP contribution in [0.1, 0.15) is 17.5 Å². The Balaban J connectivity index is 2.53. The molecule has 82 valence electrons. The minimum Gasteiger partial charge on any atom is -0.380 e. The Morgan fingerprint density at radius 3 is 2.73 bits per heavy atom. The number of aryl methyl sites for hydroxylation is 1. The molecule has 0 aromatic heterocycles. The molecule has 0 amide bonds. The minimum absolute atomic E-state index is 0.686. The van der Waals surface area contributed by atoms with Crippen molar-refractivity contribution in [2.45, 2.75) is 19.4 Å². The standard InChI is InChI=1S/C12H14Br2O/c1-15-9-11-6-2-4-10(8-11)5-3-7-12(13)14/h2,4,6-8H,3,5,9H2,1H3. The van der Waals surface area contributed by atoms with Crippen molar-refractivity contribution in [2.24, 2.45) is 0 Å². The first-order valence-corrected chi connectivity index (χ1v) is 6.39. The lowest BCUT2D eigenvalue weighted by Gasteiger charge is -2.03. The summed E-state index contributed by atoms with van der Waals surface area (Å²) < 4.78 is 6.12. The molecule has 0 N–H and O–H groups in total. The molecule has 0 fully saturated rings. The zero-order chi connectivity index (χ0) is 11.1. The smallest absolute Gasteiger partial charge is 0.0713 e. The van der Waals surface area contributed by atoms with Crippen LogP contribution in [-0.4, -0.2) is 7.11 Å². The van der Waals surface area contributed by atoms with E-state index in [0.29, 0.717) is 6.61 Å². The summed E-state index contributed by atoms with van der Waals surface area (Å²) in [5.74, 6) is 0. The van der Waals surface area contributed by atoms with Gasteiger partial charge in [-0.15, -0.1) is 0 Å². The van der Waals surface area contributed by atoms with Crippen molar-refractivity contribution < 1.29 is 4.74 Å². The van der Waals surface area contributed by atoms with Crippen LogP contribution in [0.5, 0.6) is 0 Å². The van der Waals surface area contributed by atoms with Gasteiger partial charge >= 0.3 is 0 Å². The summed E-state index contributed by atoms with van der Waals surface area (Å²) in [6.07, 6.45) is 4.20. The molecule has 0 spiro atoms. The van der Waals surface area contributed by atoms with E-state index in [1.807, 2.05) is 0 Å². The molecule has 0 aliphatic heterocycles. The van der Waals surface area contributed by atoms with Crippen LogP contribution in [-0.2, 0) is 17.8 Å². The quantitative estimate of drug-likeness (QED) is 0.776. The highest BCUT2D eigenvalue weighted by Crippen LogP contribution is 2.15. The monoisotopic (exact) mass is 332 g/mol. The van der Waals surface area contributed by atoms with Gasteiger partial charge in [-0.05, 0) is 55.8 Å². The summed E-state index contributed by atoms with van der Waals surface area (Å²) in [4.78, 5) is 0. The number of methoxy groups -OCH3 is 1. The highest BCUT2D eigenvalue weighted by Gasteiger charge is 1.95. The summed E-state index contributed by atoms with van der Waals surface area (Å²) in [6, 6.07) is 8.51. The van der Waals surface area contributed by atoms with Gasteiger partial charge in [0.25, 0.3) is 0 Å². The third kappa shape index (κ3) is 5.50. The van der Waals surface area contributed by atoms with E-state index in [-0.39, 0.29) is 0 Å². The number of halogens is 2. The van der Waals surface area contributed by atoms with Gasteiger partial charge < -0.3 is 4.74 Å². The van der Waals surface area contributed by atoms with E-state index >= 15 is 0 Å². The average molecular weight is 334 g/mol. The fourth-order valence-corrected chi connectivity index (χ4v) is 1.85. The summed E-state index contributed by atoms with van der Waals surface area (Å²) in [5.41, 5.74) is 2.58. The fourth-order valence-electron chi connectivity index (χ4n) is 1.39. The molecule has 0 atom stereocenters. The maximum atomic E-state index is 5.10. The normalized spacial score (nSPS) is 10.1. The van der Waals surface area contributed by atoms with Gasteiger partial charge in [0.1, 0.15) is 0 Å². The van der Waals surface area contributed by atoms with Crippen LogP contribution >= 0.6 is 31.9 Å². The van der Waals surface area contributed by atoms with E-state index < -0.39 is 0 Å². The third-order valence-corrected chi connectivity index (χ3v) is 2.68. The summed E-state index contributed by atoms with van der Waals surface area (Å²) in [6.45, 7) is 0.686. The second-order valence-corrected chi connectivity index (χ2v) is 6.06. The zero-order valence-electron chi connectivity index (χ0n) is 8.67. The Morgan fingerprint density at radius 2 is 2.07 bits per heavy atom. The van der Waals surface area contributed by atoms with E-state index in [4.69, 9.17) is 4.74 Å². The molecule has 0 radical (unpaired) electrons. The molecule has 0 aliphatic carbocycles. The first-order chi connectivity index (χ1) is 7.22. The average Bonchev–Trinajstić information content (AvgIpc) is 2.18. The Bertz CT molecular complexity index is 330. The predicted octanol–water partition coefficient (Wildman–Crippen LogP) is 4.40. The molecular formula is C12H14Br2O. The van der Waals surface area contributed by atoms with Crippen LogP contribution < -0.4 is 0 Å². The van der Waals surface area contributed by atoms with Gasteiger partial charge in [-0.25, -0.2) is 0 Å². The van der Waals surface area contributed by atoms with E-state index in [9.17, 15) is 0 Å². The highest BCUT2D eigenvalue weighted by atomic mass is 79.9.